The molecule has 0 saturated heterocycles. The van der Waals surface area contributed by atoms with E-state index >= 15 is 0 Å². The third-order valence-corrected chi connectivity index (χ3v) is 3.21. The van der Waals surface area contributed by atoms with Crippen LogP contribution in [-0.2, 0) is 13.1 Å². The lowest BCUT2D eigenvalue weighted by molar-refractivity contribution is 0.203. The van der Waals surface area contributed by atoms with Gasteiger partial charge >= 0.3 is 0 Å². The van der Waals surface area contributed by atoms with Gasteiger partial charge in [-0.1, -0.05) is 19.9 Å². The smallest absolute Gasteiger partial charge is 0.0547 e. The van der Waals surface area contributed by atoms with E-state index in [-0.39, 0.29) is 0 Å². The molecule has 0 aliphatic heterocycles. The first kappa shape index (κ1) is 14.1. The summed E-state index contributed by atoms with van der Waals surface area (Å²) in [6.45, 7) is 9.59. The summed E-state index contributed by atoms with van der Waals surface area (Å²) in [5.41, 5.74) is 2.28. The molecule has 0 aromatic carbocycles. The highest BCUT2D eigenvalue weighted by atomic mass is 15.1. The van der Waals surface area contributed by atoms with Crippen molar-refractivity contribution in [2.24, 2.45) is 0 Å². The average Bonchev–Trinajstić information content (AvgIpc) is 2.36. The van der Waals surface area contributed by atoms with Gasteiger partial charge in [0.05, 0.1) is 11.4 Å². The topological polar surface area (TPSA) is 28.2 Å². The van der Waals surface area contributed by atoms with E-state index in [1.54, 1.807) is 0 Å². The van der Waals surface area contributed by atoms with Gasteiger partial charge in [0.15, 0.2) is 0 Å². The normalized spacial score (nSPS) is 13.0. The Balaban J connectivity index is 2.68. The lowest BCUT2D eigenvalue weighted by Gasteiger charge is -2.26. The van der Waals surface area contributed by atoms with Crippen LogP contribution in [0.4, 0.5) is 0 Å². The van der Waals surface area contributed by atoms with Crippen LogP contribution in [-0.4, -0.2) is 29.5 Å². The van der Waals surface area contributed by atoms with Crippen LogP contribution in [0.15, 0.2) is 18.2 Å². The van der Waals surface area contributed by atoms with Crippen molar-refractivity contribution in [3.05, 3.63) is 29.6 Å². The van der Waals surface area contributed by atoms with Crippen LogP contribution >= 0.6 is 0 Å². The second-order valence-electron chi connectivity index (χ2n) is 4.47. The number of hydrogen-bond acceptors (Lipinski definition) is 3. The molecule has 0 amide bonds. The second-order valence-corrected chi connectivity index (χ2v) is 4.47. The number of aromatic nitrogens is 1. The first-order valence-electron chi connectivity index (χ1n) is 6.54. The molecule has 0 saturated carbocycles. The molecule has 0 radical (unpaired) electrons. The molecule has 1 heterocycles. The van der Waals surface area contributed by atoms with E-state index in [9.17, 15) is 0 Å². The van der Waals surface area contributed by atoms with Crippen molar-refractivity contribution in [3.63, 3.8) is 0 Å². The Morgan fingerprint density at radius 3 is 2.59 bits per heavy atom. The SMILES string of the molecule is CCC(C)N(CC)Cc1cccc(CNC)n1. The van der Waals surface area contributed by atoms with E-state index in [1.165, 1.54) is 12.1 Å². The van der Waals surface area contributed by atoms with Gasteiger partial charge in [-0.3, -0.25) is 9.88 Å². The van der Waals surface area contributed by atoms with Gasteiger partial charge < -0.3 is 5.32 Å². The molecule has 0 aliphatic rings. The standard InChI is InChI=1S/C14H25N3/c1-5-12(3)17(6-2)11-14-9-7-8-13(16-14)10-15-4/h7-9,12,15H,5-6,10-11H2,1-4H3. The lowest BCUT2D eigenvalue weighted by Crippen LogP contribution is -2.32. The van der Waals surface area contributed by atoms with Crippen molar-refractivity contribution < 1.29 is 0 Å². The Morgan fingerprint density at radius 2 is 2.00 bits per heavy atom. The third-order valence-electron chi connectivity index (χ3n) is 3.21. The Labute approximate surface area is 105 Å². The number of nitrogens with one attached hydrogen (secondary N) is 1. The molecule has 1 aromatic rings. The van der Waals surface area contributed by atoms with Crippen LogP contribution in [0, 0.1) is 0 Å². The second kappa shape index (κ2) is 7.41. The van der Waals surface area contributed by atoms with Gasteiger partial charge in [0.1, 0.15) is 0 Å². The van der Waals surface area contributed by atoms with Crippen LogP contribution in [0.5, 0.6) is 0 Å². The van der Waals surface area contributed by atoms with E-state index < -0.39 is 0 Å². The number of pyridine rings is 1. The number of hydrogen-bond donors (Lipinski definition) is 1. The Bertz CT molecular complexity index is 325. The summed E-state index contributed by atoms with van der Waals surface area (Å²) >= 11 is 0. The van der Waals surface area contributed by atoms with Crippen molar-refractivity contribution in [2.45, 2.75) is 46.3 Å². The molecule has 0 bridgehead atoms. The van der Waals surface area contributed by atoms with E-state index in [1.807, 2.05) is 7.05 Å². The van der Waals surface area contributed by atoms with E-state index in [0.29, 0.717) is 6.04 Å². The number of nitrogens with zero attached hydrogens (tertiary/aromatic N) is 2. The first-order valence-corrected chi connectivity index (χ1v) is 6.54. The molecule has 3 heteroatoms. The predicted molar refractivity (Wildman–Crippen MR) is 72.8 cm³/mol. The van der Waals surface area contributed by atoms with Crippen LogP contribution in [0.3, 0.4) is 0 Å². The maximum Gasteiger partial charge on any atom is 0.0547 e. The maximum atomic E-state index is 4.66. The fourth-order valence-corrected chi connectivity index (χ4v) is 1.94. The minimum Gasteiger partial charge on any atom is -0.314 e. The van der Waals surface area contributed by atoms with E-state index in [4.69, 9.17) is 0 Å². The largest absolute Gasteiger partial charge is 0.314 e. The van der Waals surface area contributed by atoms with Crippen LogP contribution in [0.1, 0.15) is 38.6 Å². The fourth-order valence-electron chi connectivity index (χ4n) is 1.94. The summed E-state index contributed by atoms with van der Waals surface area (Å²) in [7, 11) is 1.95. The number of rotatable bonds is 7. The molecular formula is C14H25N3. The van der Waals surface area contributed by atoms with Gasteiger partial charge in [-0.25, -0.2) is 0 Å². The molecule has 3 nitrogen and oxygen atoms in total. The van der Waals surface area contributed by atoms with Gasteiger partial charge in [0, 0.05) is 19.1 Å². The quantitative estimate of drug-likeness (QED) is 0.786. The lowest BCUT2D eigenvalue weighted by atomic mass is 10.2. The molecule has 1 unspecified atom stereocenters. The molecule has 1 N–H and O–H groups in total. The summed E-state index contributed by atoms with van der Waals surface area (Å²) in [6.07, 6.45) is 1.18. The Hall–Kier alpha value is -0.930. The highest BCUT2D eigenvalue weighted by Crippen LogP contribution is 2.09. The summed E-state index contributed by atoms with van der Waals surface area (Å²) in [5.74, 6) is 0. The van der Waals surface area contributed by atoms with Crippen LogP contribution < -0.4 is 5.32 Å². The molecule has 0 fully saturated rings. The summed E-state index contributed by atoms with van der Waals surface area (Å²) in [6, 6.07) is 6.90. The highest BCUT2D eigenvalue weighted by Gasteiger charge is 2.11. The minimum atomic E-state index is 0.620. The zero-order chi connectivity index (χ0) is 12.7. The Kier molecular flexibility index (Phi) is 6.16. The van der Waals surface area contributed by atoms with Crippen LogP contribution in [0.25, 0.3) is 0 Å². The molecular weight excluding hydrogens is 210 g/mol. The molecule has 1 atom stereocenters. The zero-order valence-electron chi connectivity index (χ0n) is 11.5. The predicted octanol–water partition coefficient (Wildman–Crippen LogP) is 2.42. The van der Waals surface area contributed by atoms with Crippen molar-refractivity contribution in [2.75, 3.05) is 13.6 Å². The molecule has 1 rings (SSSR count). The zero-order valence-corrected chi connectivity index (χ0v) is 11.5. The fraction of sp³-hybridized carbons (Fsp3) is 0.643. The van der Waals surface area contributed by atoms with Gasteiger partial charge in [-0.2, -0.15) is 0 Å². The monoisotopic (exact) mass is 235 g/mol. The summed E-state index contributed by atoms with van der Waals surface area (Å²) in [4.78, 5) is 7.13. The van der Waals surface area contributed by atoms with Crippen molar-refractivity contribution in [1.82, 2.24) is 15.2 Å². The van der Waals surface area contributed by atoms with E-state index in [2.05, 4.69) is 54.2 Å². The van der Waals surface area contributed by atoms with Gasteiger partial charge in [0.25, 0.3) is 0 Å². The van der Waals surface area contributed by atoms with Crippen molar-refractivity contribution >= 4 is 0 Å². The maximum absolute atomic E-state index is 4.66. The van der Waals surface area contributed by atoms with Gasteiger partial charge in [-0.15, -0.1) is 0 Å². The molecule has 0 spiro atoms. The Morgan fingerprint density at radius 1 is 1.29 bits per heavy atom. The molecule has 17 heavy (non-hydrogen) atoms. The first-order chi connectivity index (χ1) is 8.21. The highest BCUT2D eigenvalue weighted by molar-refractivity contribution is 5.11. The summed E-state index contributed by atoms with van der Waals surface area (Å²) < 4.78 is 0. The summed E-state index contributed by atoms with van der Waals surface area (Å²) in [5, 5.41) is 3.14. The minimum absolute atomic E-state index is 0.620. The third kappa shape index (κ3) is 4.44. The van der Waals surface area contributed by atoms with Crippen molar-refractivity contribution in [3.8, 4) is 0 Å². The molecule has 96 valence electrons. The molecule has 1 aromatic heterocycles. The van der Waals surface area contributed by atoms with Crippen LogP contribution in [0.2, 0.25) is 0 Å². The molecule has 0 aliphatic carbocycles. The van der Waals surface area contributed by atoms with Gasteiger partial charge in [-0.05, 0) is 39.1 Å². The van der Waals surface area contributed by atoms with Gasteiger partial charge in [0.2, 0.25) is 0 Å². The average molecular weight is 235 g/mol. The van der Waals surface area contributed by atoms with Crippen molar-refractivity contribution in [1.29, 1.82) is 0 Å². The van der Waals surface area contributed by atoms with E-state index in [0.717, 1.165) is 25.3 Å².